The van der Waals surface area contributed by atoms with Crippen molar-refractivity contribution >= 4 is 22.5 Å². The van der Waals surface area contributed by atoms with Crippen LogP contribution in [0, 0.1) is 0 Å². The molecule has 0 aliphatic carbocycles. The van der Waals surface area contributed by atoms with Gasteiger partial charge in [0.05, 0.1) is 0 Å². The fourth-order valence-electron chi connectivity index (χ4n) is 0.612. The Kier molecular flexibility index (Phi) is 3.49. The summed E-state index contributed by atoms with van der Waals surface area (Å²) >= 11 is 1.37. The molecule has 0 aliphatic rings. The van der Waals surface area contributed by atoms with Crippen molar-refractivity contribution in [2.45, 2.75) is 0 Å². The largest absolute Gasteiger partial charge is 0.337 e. The lowest BCUT2D eigenvalue weighted by molar-refractivity contribution is 0.252. The summed E-state index contributed by atoms with van der Waals surface area (Å²) < 4.78 is 0. The summed E-state index contributed by atoms with van der Waals surface area (Å²) in [6.45, 7) is 0.905. The maximum absolute atomic E-state index is 11.0. The van der Waals surface area contributed by atoms with Gasteiger partial charge in [0.1, 0.15) is 0 Å². The zero-order chi connectivity index (χ0) is 8.81. The number of nitrogens with one attached hydrogen (secondary N) is 2. The van der Waals surface area contributed by atoms with Crippen molar-refractivity contribution in [1.29, 1.82) is 0 Å². The van der Waals surface area contributed by atoms with Gasteiger partial charge in [0.15, 0.2) is 5.13 Å². The molecule has 6 heteroatoms. The zero-order valence-corrected chi connectivity index (χ0v) is 7.23. The van der Waals surface area contributed by atoms with Crippen molar-refractivity contribution in [3.8, 4) is 0 Å². The molecular weight excluding hydrogens is 176 g/mol. The minimum Gasteiger partial charge on any atom is -0.337 e. The Morgan fingerprint density at radius 2 is 2.58 bits per heavy atom. The van der Waals surface area contributed by atoms with Crippen LogP contribution in [0.4, 0.5) is 9.93 Å². The molecule has 1 aromatic heterocycles. The smallest absolute Gasteiger partial charge is 0.321 e. The summed E-state index contributed by atoms with van der Waals surface area (Å²) in [5.74, 6) is 0. The molecule has 66 valence electrons. The molecule has 1 rings (SSSR count). The first-order valence-electron chi connectivity index (χ1n) is 3.47. The highest BCUT2D eigenvalue weighted by Gasteiger charge is 2.00. The van der Waals surface area contributed by atoms with Crippen LogP contribution >= 0.6 is 11.3 Å². The van der Waals surface area contributed by atoms with Crippen LogP contribution in [0.1, 0.15) is 0 Å². The molecule has 0 spiro atoms. The van der Waals surface area contributed by atoms with Crippen LogP contribution in [0.2, 0.25) is 0 Å². The molecule has 0 fully saturated rings. The molecule has 0 aromatic carbocycles. The van der Waals surface area contributed by atoms with Gasteiger partial charge in [-0.25, -0.2) is 9.78 Å². The first-order valence-corrected chi connectivity index (χ1v) is 4.35. The average Bonchev–Trinajstić information content (AvgIpc) is 2.53. The van der Waals surface area contributed by atoms with Crippen molar-refractivity contribution in [1.82, 2.24) is 10.3 Å². The predicted molar refractivity (Wildman–Crippen MR) is 48.2 cm³/mol. The minimum absolute atomic E-state index is 0.268. The third kappa shape index (κ3) is 2.85. The van der Waals surface area contributed by atoms with Crippen LogP contribution in [0.15, 0.2) is 11.6 Å². The highest BCUT2D eigenvalue weighted by molar-refractivity contribution is 7.13. The number of rotatable bonds is 3. The Morgan fingerprint density at radius 1 is 1.75 bits per heavy atom. The van der Waals surface area contributed by atoms with Crippen LogP contribution in [-0.2, 0) is 0 Å². The fourth-order valence-corrected chi connectivity index (χ4v) is 1.14. The first-order chi connectivity index (χ1) is 5.83. The molecule has 5 nitrogen and oxygen atoms in total. The van der Waals surface area contributed by atoms with Gasteiger partial charge in [-0.15, -0.1) is 11.3 Å². The van der Waals surface area contributed by atoms with Crippen LogP contribution < -0.4 is 16.4 Å². The van der Waals surface area contributed by atoms with Gasteiger partial charge in [-0.2, -0.15) is 0 Å². The Balaban J connectivity index is 2.27. The molecule has 2 amide bonds. The number of carbonyl (C=O) groups excluding carboxylic acids is 1. The van der Waals surface area contributed by atoms with E-state index < -0.39 is 0 Å². The first kappa shape index (κ1) is 8.95. The van der Waals surface area contributed by atoms with E-state index in [1.807, 2.05) is 0 Å². The normalized spacial score (nSPS) is 9.42. The standard InChI is InChI=1S/C6H10N4OS/c7-1-2-8-5(11)10-6-9-3-4-12-6/h3-4H,1-2,7H2,(H2,8,9,10,11). The molecule has 4 N–H and O–H groups in total. The zero-order valence-electron chi connectivity index (χ0n) is 6.41. The number of hydrogen-bond acceptors (Lipinski definition) is 4. The van der Waals surface area contributed by atoms with Gasteiger partial charge in [-0.05, 0) is 0 Å². The van der Waals surface area contributed by atoms with Crippen LogP contribution in [0.5, 0.6) is 0 Å². The van der Waals surface area contributed by atoms with Gasteiger partial charge in [-0.1, -0.05) is 0 Å². The summed E-state index contributed by atoms with van der Waals surface area (Å²) in [6.07, 6.45) is 1.63. The van der Waals surface area contributed by atoms with Gasteiger partial charge in [0.25, 0.3) is 0 Å². The molecule has 0 atom stereocenters. The van der Waals surface area contributed by atoms with E-state index in [9.17, 15) is 4.79 Å². The van der Waals surface area contributed by atoms with E-state index in [1.165, 1.54) is 11.3 Å². The molecule has 0 unspecified atom stereocenters. The number of nitrogens with two attached hydrogens (primary N) is 1. The highest BCUT2D eigenvalue weighted by atomic mass is 32.1. The lowest BCUT2D eigenvalue weighted by Crippen LogP contribution is -2.32. The maximum atomic E-state index is 11.0. The van der Waals surface area contributed by atoms with Crippen molar-refractivity contribution in [2.24, 2.45) is 5.73 Å². The number of amides is 2. The van der Waals surface area contributed by atoms with E-state index in [0.29, 0.717) is 18.2 Å². The third-order valence-corrected chi connectivity index (χ3v) is 1.77. The van der Waals surface area contributed by atoms with Gasteiger partial charge < -0.3 is 11.1 Å². The molecule has 0 bridgehead atoms. The number of hydrogen-bond donors (Lipinski definition) is 3. The van der Waals surface area contributed by atoms with E-state index in [4.69, 9.17) is 5.73 Å². The number of nitrogens with zero attached hydrogens (tertiary/aromatic N) is 1. The second kappa shape index (κ2) is 4.68. The van der Waals surface area contributed by atoms with Crippen molar-refractivity contribution in [3.63, 3.8) is 0 Å². The lowest BCUT2D eigenvalue weighted by atomic mass is 10.6. The molecule has 1 heterocycles. The van der Waals surface area contributed by atoms with Gasteiger partial charge >= 0.3 is 6.03 Å². The van der Waals surface area contributed by atoms with E-state index in [0.717, 1.165) is 0 Å². The Morgan fingerprint density at radius 3 is 3.17 bits per heavy atom. The van der Waals surface area contributed by atoms with Crippen molar-refractivity contribution < 1.29 is 4.79 Å². The van der Waals surface area contributed by atoms with E-state index >= 15 is 0 Å². The molecule has 0 saturated heterocycles. The molecule has 0 saturated carbocycles. The van der Waals surface area contributed by atoms with Crippen LogP contribution in [0.3, 0.4) is 0 Å². The van der Waals surface area contributed by atoms with Crippen molar-refractivity contribution in [3.05, 3.63) is 11.6 Å². The highest BCUT2D eigenvalue weighted by Crippen LogP contribution is 2.09. The quantitative estimate of drug-likeness (QED) is 0.632. The second-order valence-electron chi connectivity index (χ2n) is 2.01. The minimum atomic E-state index is -0.268. The summed E-state index contributed by atoms with van der Waals surface area (Å²) in [5.41, 5.74) is 5.19. The number of thiazole rings is 1. The number of urea groups is 1. The summed E-state index contributed by atoms with van der Waals surface area (Å²) in [5, 5.41) is 7.50. The van der Waals surface area contributed by atoms with Crippen LogP contribution in [-0.4, -0.2) is 24.1 Å². The van der Waals surface area contributed by atoms with Crippen molar-refractivity contribution in [2.75, 3.05) is 18.4 Å². The second-order valence-corrected chi connectivity index (χ2v) is 2.90. The summed E-state index contributed by atoms with van der Waals surface area (Å²) in [7, 11) is 0. The molecule has 12 heavy (non-hydrogen) atoms. The third-order valence-electron chi connectivity index (χ3n) is 1.08. The fraction of sp³-hybridized carbons (Fsp3) is 0.333. The molecular formula is C6H10N4OS. The maximum Gasteiger partial charge on any atom is 0.321 e. The topological polar surface area (TPSA) is 80.0 Å². The Labute approximate surface area is 74.0 Å². The van der Waals surface area contributed by atoms with E-state index in [-0.39, 0.29) is 6.03 Å². The van der Waals surface area contributed by atoms with Crippen LogP contribution in [0.25, 0.3) is 0 Å². The molecule has 0 radical (unpaired) electrons. The van der Waals surface area contributed by atoms with Gasteiger partial charge in [0.2, 0.25) is 0 Å². The number of carbonyl (C=O) groups is 1. The Bertz CT molecular complexity index is 236. The number of anilines is 1. The van der Waals surface area contributed by atoms with E-state index in [1.54, 1.807) is 11.6 Å². The molecule has 1 aromatic rings. The van der Waals surface area contributed by atoms with Gasteiger partial charge in [-0.3, -0.25) is 5.32 Å². The SMILES string of the molecule is NCCNC(=O)Nc1nccs1. The predicted octanol–water partition coefficient (Wildman–Crippen LogP) is 0.223. The van der Waals surface area contributed by atoms with E-state index in [2.05, 4.69) is 15.6 Å². The average molecular weight is 186 g/mol. The summed E-state index contributed by atoms with van der Waals surface area (Å²) in [4.78, 5) is 14.8. The number of aromatic nitrogens is 1. The lowest BCUT2D eigenvalue weighted by Gasteiger charge is -2.02. The van der Waals surface area contributed by atoms with Gasteiger partial charge in [0, 0.05) is 24.7 Å². The monoisotopic (exact) mass is 186 g/mol. The summed E-state index contributed by atoms with van der Waals surface area (Å²) in [6, 6.07) is -0.268. The Hall–Kier alpha value is -1.14. The molecule has 0 aliphatic heterocycles.